The molecule has 164 valence electrons. The quantitative estimate of drug-likeness (QED) is 0.258. The van der Waals surface area contributed by atoms with Crippen LogP contribution in [-0.4, -0.2) is 49.6 Å². The molecule has 0 aromatic heterocycles. The molecule has 0 fully saturated rings. The molecule has 2 N–H and O–H groups in total. The lowest BCUT2D eigenvalue weighted by Gasteiger charge is -2.18. The van der Waals surface area contributed by atoms with Gasteiger partial charge < -0.3 is 15.4 Å². The smallest absolute Gasteiger partial charge is 0.463 e. The molecular formula is C17H27F5N2O4. The molecule has 0 spiro atoms. The number of carbonyl (C=O) groups excluding carboxylic acids is 3. The summed E-state index contributed by atoms with van der Waals surface area (Å²) in [6, 6.07) is 0. The first kappa shape index (κ1) is 26.1. The van der Waals surface area contributed by atoms with E-state index in [2.05, 4.69) is 12.2 Å². The first-order chi connectivity index (χ1) is 13.0. The van der Waals surface area contributed by atoms with Gasteiger partial charge in [-0.05, 0) is 6.42 Å². The fourth-order valence-electron chi connectivity index (χ4n) is 2.06. The molecule has 6 nitrogen and oxygen atoms in total. The van der Waals surface area contributed by atoms with Crippen LogP contribution in [0.1, 0.15) is 58.3 Å². The van der Waals surface area contributed by atoms with Gasteiger partial charge in [-0.1, -0.05) is 39.0 Å². The van der Waals surface area contributed by atoms with Crippen LogP contribution in [0, 0.1) is 0 Å². The summed E-state index contributed by atoms with van der Waals surface area (Å²) in [5.74, 6) is -9.26. The van der Waals surface area contributed by atoms with Gasteiger partial charge >= 0.3 is 18.1 Å². The van der Waals surface area contributed by atoms with E-state index in [0.29, 0.717) is 6.61 Å². The summed E-state index contributed by atoms with van der Waals surface area (Å²) in [4.78, 5) is 33.7. The number of hydrogen-bond donors (Lipinski definition) is 2. The topological polar surface area (TPSA) is 84.5 Å². The summed E-state index contributed by atoms with van der Waals surface area (Å²) >= 11 is 0. The van der Waals surface area contributed by atoms with Gasteiger partial charge in [0, 0.05) is 19.5 Å². The maximum atomic E-state index is 12.7. The molecule has 0 aliphatic carbocycles. The van der Waals surface area contributed by atoms with Gasteiger partial charge in [-0.2, -0.15) is 22.0 Å². The molecule has 2 amide bonds. The third-order valence-electron chi connectivity index (χ3n) is 3.69. The van der Waals surface area contributed by atoms with Crippen molar-refractivity contribution < 1.29 is 41.1 Å². The Morgan fingerprint density at radius 2 is 1.39 bits per heavy atom. The fourth-order valence-corrected chi connectivity index (χ4v) is 2.06. The molecule has 0 aliphatic heterocycles. The maximum absolute atomic E-state index is 12.7. The van der Waals surface area contributed by atoms with Crippen LogP contribution in [0.25, 0.3) is 0 Å². The average molecular weight is 418 g/mol. The van der Waals surface area contributed by atoms with Crippen molar-refractivity contribution in [3.05, 3.63) is 0 Å². The molecule has 0 aromatic carbocycles. The van der Waals surface area contributed by atoms with Gasteiger partial charge in [-0.3, -0.25) is 14.4 Å². The Hall–Kier alpha value is -1.94. The Bertz CT molecular complexity index is 498. The van der Waals surface area contributed by atoms with Gasteiger partial charge in [-0.25, -0.2) is 0 Å². The van der Waals surface area contributed by atoms with E-state index < -0.39 is 42.8 Å². The minimum atomic E-state index is -6.00. The molecule has 0 saturated carbocycles. The van der Waals surface area contributed by atoms with Crippen LogP contribution in [0.3, 0.4) is 0 Å². The molecule has 0 heterocycles. The highest BCUT2D eigenvalue weighted by Gasteiger charge is 2.63. The second kappa shape index (κ2) is 13.3. The Labute approximate surface area is 160 Å². The summed E-state index contributed by atoms with van der Waals surface area (Å²) in [5, 5.41) is 3.63. The van der Waals surface area contributed by atoms with Crippen molar-refractivity contribution in [1.82, 2.24) is 10.6 Å². The summed E-state index contributed by atoms with van der Waals surface area (Å²) in [5.41, 5.74) is 0. The van der Waals surface area contributed by atoms with Crippen LogP contribution < -0.4 is 10.6 Å². The number of unbranched alkanes of at least 4 members (excludes halogenated alkanes) is 5. The standard InChI is InChI=1S/C17H27F5N2O4/c1-2-3-4-5-6-7-12-28-14(26)9-11-23-13(25)8-10-24-15(27)16(18,19)17(20,21)22/h2-12H2,1H3,(H,23,25)(H,24,27). The number of alkyl halides is 5. The van der Waals surface area contributed by atoms with E-state index in [4.69, 9.17) is 4.74 Å². The highest BCUT2D eigenvalue weighted by atomic mass is 19.4. The summed E-state index contributed by atoms with van der Waals surface area (Å²) < 4.78 is 66.2. The van der Waals surface area contributed by atoms with Crippen LogP contribution >= 0.6 is 0 Å². The highest BCUT2D eigenvalue weighted by molar-refractivity contribution is 5.85. The predicted molar refractivity (Wildman–Crippen MR) is 90.6 cm³/mol. The Morgan fingerprint density at radius 3 is 2.00 bits per heavy atom. The SMILES string of the molecule is CCCCCCCCOC(=O)CCNC(=O)CCNC(=O)C(F)(F)C(F)(F)F. The molecule has 0 rings (SSSR count). The zero-order valence-electron chi connectivity index (χ0n) is 15.8. The second-order valence-corrected chi connectivity index (χ2v) is 6.17. The number of nitrogens with one attached hydrogen (secondary N) is 2. The highest BCUT2D eigenvalue weighted by Crippen LogP contribution is 2.35. The minimum absolute atomic E-state index is 0.0686. The maximum Gasteiger partial charge on any atom is 0.463 e. The van der Waals surface area contributed by atoms with Gasteiger partial charge in [0.2, 0.25) is 5.91 Å². The van der Waals surface area contributed by atoms with Crippen molar-refractivity contribution in [2.75, 3.05) is 19.7 Å². The third-order valence-corrected chi connectivity index (χ3v) is 3.69. The third kappa shape index (κ3) is 11.0. The lowest BCUT2D eigenvalue weighted by atomic mass is 10.1. The van der Waals surface area contributed by atoms with Crippen LogP contribution in [0.2, 0.25) is 0 Å². The van der Waals surface area contributed by atoms with Crippen LogP contribution in [0.15, 0.2) is 0 Å². The van der Waals surface area contributed by atoms with E-state index in [1.54, 1.807) is 0 Å². The van der Waals surface area contributed by atoms with E-state index in [1.165, 1.54) is 11.7 Å². The van der Waals surface area contributed by atoms with Gasteiger partial charge in [0.1, 0.15) is 0 Å². The second-order valence-electron chi connectivity index (χ2n) is 6.17. The number of hydrogen-bond acceptors (Lipinski definition) is 4. The van der Waals surface area contributed by atoms with Gasteiger partial charge in [0.15, 0.2) is 0 Å². The molecule has 0 bridgehead atoms. The fraction of sp³-hybridized carbons (Fsp3) is 0.824. The van der Waals surface area contributed by atoms with Crippen LogP contribution in [-0.2, 0) is 19.1 Å². The molecule has 0 aliphatic rings. The molecule has 0 unspecified atom stereocenters. The summed E-state index contributed by atoms with van der Waals surface area (Å²) in [6.45, 7) is 1.64. The number of amides is 2. The van der Waals surface area contributed by atoms with E-state index in [0.717, 1.165) is 32.1 Å². The zero-order chi connectivity index (χ0) is 21.6. The predicted octanol–water partition coefficient (Wildman–Crippen LogP) is 3.10. The van der Waals surface area contributed by atoms with Gasteiger partial charge in [-0.15, -0.1) is 0 Å². The monoisotopic (exact) mass is 418 g/mol. The first-order valence-corrected chi connectivity index (χ1v) is 9.17. The summed E-state index contributed by atoms with van der Waals surface area (Å²) in [7, 11) is 0. The molecule has 28 heavy (non-hydrogen) atoms. The molecule has 0 aromatic rings. The Kier molecular flexibility index (Phi) is 12.4. The van der Waals surface area contributed by atoms with Crippen molar-refractivity contribution in [2.45, 2.75) is 70.4 Å². The number of ether oxygens (including phenoxy) is 1. The van der Waals surface area contributed by atoms with Crippen molar-refractivity contribution in [3.63, 3.8) is 0 Å². The van der Waals surface area contributed by atoms with Crippen molar-refractivity contribution in [3.8, 4) is 0 Å². The van der Waals surface area contributed by atoms with Crippen molar-refractivity contribution >= 4 is 17.8 Å². The lowest BCUT2D eigenvalue weighted by Crippen LogP contribution is -2.50. The van der Waals surface area contributed by atoms with Crippen molar-refractivity contribution in [2.24, 2.45) is 0 Å². The van der Waals surface area contributed by atoms with E-state index in [9.17, 15) is 36.3 Å². The first-order valence-electron chi connectivity index (χ1n) is 9.17. The average Bonchev–Trinajstić information content (AvgIpc) is 2.59. The van der Waals surface area contributed by atoms with Gasteiger partial charge in [0.05, 0.1) is 13.0 Å². The van der Waals surface area contributed by atoms with Crippen LogP contribution in [0.5, 0.6) is 0 Å². The molecule has 0 radical (unpaired) electrons. The van der Waals surface area contributed by atoms with E-state index in [1.807, 2.05) is 0 Å². The molecular weight excluding hydrogens is 391 g/mol. The van der Waals surface area contributed by atoms with E-state index in [-0.39, 0.29) is 13.0 Å². The normalized spacial score (nSPS) is 11.8. The summed E-state index contributed by atoms with van der Waals surface area (Å²) in [6.07, 6.45) is -0.354. The number of esters is 1. The molecule has 0 saturated heterocycles. The van der Waals surface area contributed by atoms with Crippen molar-refractivity contribution in [1.29, 1.82) is 0 Å². The minimum Gasteiger partial charge on any atom is -0.466 e. The largest absolute Gasteiger partial charge is 0.466 e. The Morgan fingerprint density at radius 1 is 0.821 bits per heavy atom. The lowest BCUT2D eigenvalue weighted by molar-refractivity contribution is -0.269. The number of carbonyl (C=O) groups is 3. The number of rotatable bonds is 14. The molecule has 0 atom stereocenters. The Balaban J connectivity index is 3.77. The van der Waals surface area contributed by atoms with Gasteiger partial charge in [0.25, 0.3) is 5.91 Å². The van der Waals surface area contributed by atoms with Crippen LogP contribution in [0.4, 0.5) is 22.0 Å². The zero-order valence-corrected chi connectivity index (χ0v) is 15.8. The molecule has 11 heteroatoms. The van der Waals surface area contributed by atoms with E-state index >= 15 is 0 Å². The number of halogens is 5.